The van der Waals surface area contributed by atoms with Crippen LogP contribution in [0.15, 0.2) is 35.3 Å². The minimum Gasteiger partial charge on any atom is -0.476 e. The molecule has 2 aliphatic heterocycles. The van der Waals surface area contributed by atoms with Crippen LogP contribution in [0.1, 0.15) is 74.1 Å². The molecule has 0 spiro atoms. The molecule has 0 saturated heterocycles. The fourth-order valence-electron chi connectivity index (χ4n) is 5.53. The third kappa shape index (κ3) is 6.23. The average molecular weight is 504 g/mol. The van der Waals surface area contributed by atoms with E-state index < -0.39 is 35.6 Å². The summed E-state index contributed by atoms with van der Waals surface area (Å²) in [6.45, 7) is 13.0. The molecule has 0 aromatic rings. The van der Waals surface area contributed by atoms with Crippen LogP contribution in [0.4, 0.5) is 0 Å². The Morgan fingerprint density at radius 1 is 1.17 bits per heavy atom. The highest BCUT2D eigenvalue weighted by atomic mass is 16.5. The Bertz CT molecular complexity index is 934. The number of Topliss-reactive ketones (excluding diaryl/α,β-unsaturated/α-hetero) is 1. The highest BCUT2D eigenvalue weighted by Gasteiger charge is 2.47. The van der Waals surface area contributed by atoms with Gasteiger partial charge in [-0.15, -0.1) is 0 Å². The summed E-state index contributed by atoms with van der Waals surface area (Å²) in [5.74, 6) is -0.575. The fraction of sp³-hybridized carbons (Fsp3) is 0.724. The summed E-state index contributed by atoms with van der Waals surface area (Å²) in [6.07, 6.45) is 5.44. The number of allylic oxidation sites excluding steroid dienone is 2. The Morgan fingerprint density at radius 3 is 2.44 bits per heavy atom. The van der Waals surface area contributed by atoms with Gasteiger partial charge in [-0.25, -0.2) is 0 Å². The van der Waals surface area contributed by atoms with Crippen molar-refractivity contribution in [1.82, 2.24) is 4.90 Å². The highest BCUT2D eigenvalue weighted by molar-refractivity contribution is 5.88. The number of rotatable bonds is 2. The van der Waals surface area contributed by atoms with Crippen LogP contribution in [0, 0.1) is 29.1 Å². The number of esters is 1. The summed E-state index contributed by atoms with van der Waals surface area (Å²) in [4.78, 5) is 28.3. The van der Waals surface area contributed by atoms with E-state index in [0.29, 0.717) is 18.3 Å². The molecular formula is C29H45NO6. The van der Waals surface area contributed by atoms with Gasteiger partial charge in [0.05, 0.1) is 29.7 Å². The van der Waals surface area contributed by atoms with Crippen molar-refractivity contribution >= 4 is 11.8 Å². The van der Waals surface area contributed by atoms with Gasteiger partial charge >= 0.3 is 5.97 Å². The first-order chi connectivity index (χ1) is 16.7. The van der Waals surface area contributed by atoms with Crippen LogP contribution in [0.25, 0.3) is 0 Å². The molecule has 36 heavy (non-hydrogen) atoms. The lowest BCUT2D eigenvalue weighted by Gasteiger charge is -2.34. The van der Waals surface area contributed by atoms with Crippen molar-refractivity contribution in [2.75, 3.05) is 7.05 Å². The number of carbonyl (C=O) groups excluding carboxylic acids is 2. The molecule has 202 valence electrons. The number of likely N-dealkylation sites (N-methyl/N-ethyl adjacent to an activating group) is 1. The van der Waals surface area contributed by atoms with E-state index in [2.05, 4.69) is 13.0 Å². The maximum atomic E-state index is 13.3. The summed E-state index contributed by atoms with van der Waals surface area (Å²) in [5.41, 5.74) is 1.81. The Kier molecular flexibility index (Phi) is 8.77. The number of fused-ring (bicyclic) bond motifs is 1. The van der Waals surface area contributed by atoms with Crippen LogP contribution in [0.3, 0.4) is 0 Å². The van der Waals surface area contributed by atoms with E-state index in [9.17, 15) is 19.8 Å². The van der Waals surface area contributed by atoms with Gasteiger partial charge in [0.2, 0.25) is 0 Å². The van der Waals surface area contributed by atoms with E-state index in [-0.39, 0.29) is 24.3 Å². The lowest BCUT2D eigenvalue weighted by atomic mass is 9.72. The Morgan fingerprint density at radius 2 is 1.83 bits per heavy atom. The summed E-state index contributed by atoms with van der Waals surface area (Å²) in [5, 5.41) is 21.9. The molecule has 1 saturated carbocycles. The molecule has 7 heteroatoms. The van der Waals surface area contributed by atoms with Crippen molar-refractivity contribution in [2.45, 2.75) is 98.7 Å². The van der Waals surface area contributed by atoms with Crippen molar-refractivity contribution in [3.05, 3.63) is 35.3 Å². The van der Waals surface area contributed by atoms with Gasteiger partial charge in [0, 0.05) is 19.4 Å². The topological polar surface area (TPSA) is 96.3 Å². The van der Waals surface area contributed by atoms with Crippen molar-refractivity contribution in [3.63, 3.8) is 0 Å². The summed E-state index contributed by atoms with van der Waals surface area (Å²) < 4.78 is 11.4. The van der Waals surface area contributed by atoms with E-state index in [1.54, 1.807) is 27.0 Å². The van der Waals surface area contributed by atoms with E-state index in [1.165, 1.54) is 5.57 Å². The molecule has 1 fully saturated rings. The number of hydrogen-bond donors (Lipinski definition) is 2. The zero-order chi connectivity index (χ0) is 26.9. The molecule has 8 atom stereocenters. The highest BCUT2D eigenvalue weighted by Crippen LogP contribution is 2.50. The zero-order valence-electron chi connectivity index (χ0n) is 23.2. The molecule has 0 bridgehead atoms. The molecule has 3 aliphatic rings. The van der Waals surface area contributed by atoms with E-state index in [0.717, 1.165) is 24.1 Å². The van der Waals surface area contributed by atoms with Crippen LogP contribution in [-0.2, 0) is 19.1 Å². The lowest BCUT2D eigenvalue weighted by molar-refractivity contribution is -0.154. The SMILES string of the molecule is C/C1=C/C[C@@H](/C(C)=C/C2=COC(C)N2C)OC(=O)C[C@H](O)C(C)(C)C(=O)[C@H](C)[C@@H](O)[C@@H](C)C2CC2C1. The van der Waals surface area contributed by atoms with Crippen LogP contribution in [-0.4, -0.2) is 58.5 Å². The lowest BCUT2D eigenvalue weighted by Crippen LogP contribution is -2.46. The molecule has 7 nitrogen and oxygen atoms in total. The van der Waals surface area contributed by atoms with Gasteiger partial charge in [-0.05, 0) is 63.0 Å². The van der Waals surface area contributed by atoms with Crippen LogP contribution in [0.5, 0.6) is 0 Å². The molecule has 1 aliphatic carbocycles. The van der Waals surface area contributed by atoms with Gasteiger partial charge in [-0.2, -0.15) is 0 Å². The van der Waals surface area contributed by atoms with Crippen molar-refractivity contribution in [1.29, 1.82) is 0 Å². The first-order valence-corrected chi connectivity index (χ1v) is 13.3. The number of nitrogens with zero attached hydrogens (tertiary/aromatic N) is 1. The molecule has 0 radical (unpaired) electrons. The molecule has 3 rings (SSSR count). The summed E-state index contributed by atoms with van der Waals surface area (Å²) >= 11 is 0. The Balaban J connectivity index is 1.88. The fourth-order valence-corrected chi connectivity index (χ4v) is 5.53. The predicted octanol–water partition coefficient (Wildman–Crippen LogP) is 4.35. The van der Waals surface area contributed by atoms with Gasteiger partial charge in [0.15, 0.2) is 6.23 Å². The quantitative estimate of drug-likeness (QED) is 0.427. The molecular weight excluding hydrogens is 458 g/mol. The van der Waals surface area contributed by atoms with Crippen LogP contribution in [0.2, 0.25) is 0 Å². The molecule has 2 N–H and O–H groups in total. The molecule has 0 aromatic carbocycles. The third-order valence-electron chi connectivity index (χ3n) is 8.71. The maximum Gasteiger partial charge on any atom is 0.309 e. The van der Waals surface area contributed by atoms with E-state index in [1.807, 2.05) is 38.8 Å². The van der Waals surface area contributed by atoms with Gasteiger partial charge in [-0.1, -0.05) is 39.3 Å². The monoisotopic (exact) mass is 503 g/mol. The van der Waals surface area contributed by atoms with Crippen LogP contribution < -0.4 is 0 Å². The second kappa shape index (κ2) is 11.1. The minimum absolute atomic E-state index is 0.00761. The predicted molar refractivity (Wildman–Crippen MR) is 138 cm³/mol. The number of cyclic esters (lactones) is 1. The average Bonchev–Trinajstić information content (AvgIpc) is 3.52. The number of hydrogen-bond acceptors (Lipinski definition) is 7. The van der Waals surface area contributed by atoms with Crippen molar-refractivity contribution in [2.24, 2.45) is 29.1 Å². The second-order valence-electron chi connectivity index (χ2n) is 11.9. The largest absolute Gasteiger partial charge is 0.476 e. The molecule has 3 unspecified atom stereocenters. The number of ketones is 1. The number of carbonyl (C=O) groups is 2. The van der Waals surface area contributed by atoms with Crippen LogP contribution >= 0.6 is 0 Å². The second-order valence-corrected chi connectivity index (χ2v) is 11.9. The molecule has 0 amide bonds. The standard InChI is InChI=1S/C29H45NO6/c1-16-9-10-24(17(2)12-22-15-35-20(5)30(22)8)36-26(32)14-25(31)29(6,7)28(34)19(4)27(33)18(3)23-13-21(23)11-16/h9,12,15,18-21,23-25,27,31,33H,10-11,13-14H2,1-8H3/b16-9-,17-12+/t18-,19+,20?,21?,23?,24-,25-,27-/m0/s1. The number of ether oxygens (including phenoxy) is 2. The maximum absolute atomic E-state index is 13.3. The van der Waals surface area contributed by atoms with Gasteiger partial charge in [0.25, 0.3) is 0 Å². The van der Waals surface area contributed by atoms with Gasteiger partial charge in [0.1, 0.15) is 18.1 Å². The van der Waals surface area contributed by atoms with E-state index in [4.69, 9.17) is 9.47 Å². The first-order valence-electron chi connectivity index (χ1n) is 13.3. The normalized spacial score (nSPS) is 39.9. The van der Waals surface area contributed by atoms with Gasteiger partial charge in [-0.3, -0.25) is 9.59 Å². The summed E-state index contributed by atoms with van der Waals surface area (Å²) in [6, 6.07) is 0. The van der Waals surface area contributed by atoms with E-state index >= 15 is 0 Å². The molecule has 2 heterocycles. The zero-order valence-corrected chi connectivity index (χ0v) is 23.2. The number of aliphatic hydroxyl groups excluding tert-OH is 2. The third-order valence-corrected chi connectivity index (χ3v) is 8.71. The Hall–Kier alpha value is -2.12. The molecule has 0 aromatic heterocycles. The Labute approximate surface area is 216 Å². The number of aliphatic hydroxyl groups is 2. The van der Waals surface area contributed by atoms with Gasteiger partial charge < -0.3 is 24.6 Å². The smallest absolute Gasteiger partial charge is 0.309 e. The first kappa shape index (κ1) is 28.5. The summed E-state index contributed by atoms with van der Waals surface area (Å²) in [7, 11) is 1.95. The van der Waals surface area contributed by atoms with Crippen molar-refractivity contribution in [3.8, 4) is 0 Å². The van der Waals surface area contributed by atoms with Crippen molar-refractivity contribution < 1.29 is 29.3 Å². The minimum atomic E-state index is -1.22.